The van der Waals surface area contributed by atoms with E-state index >= 15 is 0 Å². The molecule has 1 N–H and O–H groups in total. The summed E-state index contributed by atoms with van der Waals surface area (Å²) < 4.78 is 0. The van der Waals surface area contributed by atoms with E-state index in [4.69, 9.17) is 0 Å². The molecule has 0 saturated carbocycles. The summed E-state index contributed by atoms with van der Waals surface area (Å²) in [6.45, 7) is 0. The van der Waals surface area contributed by atoms with Gasteiger partial charge in [0.1, 0.15) is 6.04 Å². The Balaban J connectivity index is 2.09. The van der Waals surface area contributed by atoms with Crippen molar-refractivity contribution in [3.63, 3.8) is 0 Å². The maximum atomic E-state index is 11.5. The van der Waals surface area contributed by atoms with Crippen molar-refractivity contribution < 1.29 is 9.59 Å². The number of hydrogen-bond acceptors (Lipinski definition) is 4. The normalized spacial score (nSPS) is 20.9. The molecule has 1 aromatic rings. The van der Waals surface area contributed by atoms with Crippen molar-refractivity contribution in [3.05, 3.63) is 24.5 Å². The van der Waals surface area contributed by atoms with Gasteiger partial charge in [0.05, 0.1) is 12.1 Å². The molecule has 1 unspecified atom stereocenters. The van der Waals surface area contributed by atoms with Crippen LogP contribution >= 0.6 is 0 Å². The standard InChI is InChI=1S/C10H11N3O2/c1-13-9(14)5-8(10(13)15)12-7-3-2-4-11-6-7/h2-4,6,8,12H,5H2,1H3. The third-order valence-corrected chi connectivity index (χ3v) is 2.38. The van der Waals surface area contributed by atoms with E-state index in [1.807, 2.05) is 6.07 Å². The highest BCUT2D eigenvalue weighted by molar-refractivity contribution is 6.06. The molecule has 0 bridgehead atoms. The molecule has 1 aliphatic heterocycles. The van der Waals surface area contributed by atoms with Crippen LogP contribution < -0.4 is 5.32 Å². The largest absolute Gasteiger partial charge is 0.372 e. The first-order chi connectivity index (χ1) is 7.18. The lowest BCUT2D eigenvalue weighted by atomic mass is 10.2. The Bertz CT molecular complexity index is 391. The first-order valence-electron chi connectivity index (χ1n) is 4.65. The van der Waals surface area contributed by atoms with E-state index in [-0.39, 0.29) is 18.2 Å². The summed E-state index contributed by atoms with van der Waals surface area (Å²) in [4.78, 5) is 27.8. The van der Waals surface area contributed by atoms with E-state index in [2.05, 4.69) is 10.3 Å². The first kappa shape index (κ1) is 9.64. The highest BCUT2D eigenvalue weighted by Crippen LogP contribution is 2.15. The molecular weight excluding hydrogens is 194 g/mol. The predicted octanol–water partition coefficient (Wildman–Crippen LogP) is 0.251. The van der Waals surface area contributed by atoms with Gasteiger partial charge in [0.15, 0.2) is 0 Å². The summed E-state index contributed by atoms with van der Waals surface area (Å²) in [5, 5.41) is 2.98. The lowest BCUT2D eigenvalue weighted by Gasteiger charge is -2.11. The molecule has 1 aliphatic rings. The Labute approximate surface area is 87.1 Å². The maximum Gasteiger partial charge on any atom is 0.251 e. The second-order valence-corrected chi connectivity index (χ2v) is 3.43. The Kier molecular flexibility index (Phi) is 2.37. The Morgan fingerprint density at radius 3 is 2.87 bits per heavy atom. The van der Waals surface area contributed by atoms with Crippen LogP contribution in [0.5, 0.6) is 0 Å². The van der Waals surface area contributed by atoms with Crippen molar-refractivity contribution in [2.24, 2.45) is 0 Å². The number of carbonyl (C=O) groups is 2. The summed E-state index contributed by atoms with van der Waals surface area (Å²) in [5.41, 5.74) is 0.749. The molecule has 1 atom stereocenters. The number of nitrogens with one attached hydrogen (secondary N) is 1. The van der Waals surface area contributed by atoms with Crippen LogP contribution in [0.25, 0.3) is 0 Å². The predicted molar refractivity (Wildman–Crippen MR) is 54.0 cm³/mol. The van der Waals surface area contributed by atoms with Gasteiger partial charge in [-0.3, -0.25) is 19.5 Å². The van der Waals surface area contributed by atoms with Crippen molar-refractivity contribution in [1.82, 2.24) is 9.88 Å². The summed E-state index contributed by atoms with van der Waals surface area (Å²) >= 11 is 0. The minimum atomic E-state index is -0.452. The number of imide groups is 1. The van der Waals surface area contributed by atoms with Gasteiger partial charge < -0.3 is 5.32 Å². The van der Waals surface area contributed by atoms with Crippen LogP contribution in [0, 0.1) is 0 Å². The molecule has 2 rings (SSSR count). The number of likely N-dealkylation sites (N-methyl/N-ethyl adjacent to an activating group) is 1. The number of amides is 2. The number of hydrogen-bond donors (Lipinski definition) is 1. The van der Waals surface area contributed by atoms with E-state index in [1.54, 1.807) is 18.5 Å². The van der Waals surface area contributed by atoms with Gasteiger partial charge in [-0.15, -0.1) is 0 Å². The third kappa shape index (κ3) is 1.81. The van der Waals surface area contributed by atoms with E-state index < -0.39 is 6.04 Å². The van der Waals surface area contributed by atoms with Crippen LogP contribution in [0.3, 0.4) is 0 Å². The molecule has 15 heavy (non-hydrogen) atoms. The molecule has 0 aliphatic carbocycles. The molecule has 1 saturated heterocycles. The zero-order valence-electron chi connectivity index (χ0n) is 8.30. The molecule has 2 heterocycles. The first-order valence-corrected chi connectivity index (χ1v) is 4.65. The number of anilines is 1. The molecule has 2 amide bonds. The quantitative estimate of drug-likeness (QED) is 0.703. The summed E-state index contributed by atoms with van der Waals surface area (Å²) in [6, 6.07) is 3.13. The molecule has 5 heteroatoms. The maximum absolute atomic E-state index is 11.5. The lowest BCUT2D eigenvalue weighted by Crippen LogP contribution is -2.31. The van der Waals surface area contributed by atoms with E-state index in [9.17, 15) is 9.59 Å². The van der Waals surface area contributed by atoms with Gasteiger partial charge >= 0.3 is 0 Å². The molecule has 5 nitrogen and oxygen atoms in total. The number of carbonyl (C=O) groups excluding carboxylic acids is 2. The second kappa shape index (κ2) is 3.68. The monoisotopic (exact) mass is 205 g/mol. The van der Waals surface area contributed by atoms with Crippen molar-refractivity contribution in [2.45, 2.75) is 12.5 Å². The number of pyridine rings is 1. The topological polar surface area (TPSA) is 62.3 Å². The van der Waals surface area contributed by atoms with Crippen LogP contribution in [0.4, 0.5) is 5.69 Å². The molecule has 0 spiro atoms. The molecule has 78 valence electrons. The average molecular weight is 205 g/mol. The zero-order valence-corrected chi connectivity index (χ0v) is 8.30. The fourth-order valence-corrected chi connectivity index (χ4v) is 1.52. The van der Waals surface area contributed by atoms with Crippen LogP contribution in [0.1, 0.15) is 6.42 Å². The number of rotatable bonds is 2. The zero-order chi connectivity index (χ0) is 10.8. The minimum absolute atomic E-state index is 0.151. The molecule has 1 aromatic heterocycles. The lowest BCUT2D eigenvalue weighted by molar-refractivity contribution is -0.136. The molecular formula is C10H11N3O2. The fourth-order valence-electron chi connectivity index (χ4n) is 1.52. The van der Waals surface area contributed by atoms with E-state index in [0.717, 1.165) is 10.6 Å². The minimum Gasteiger partial charge on any atom is -0.372 e. The van der Waals surface area contributed by atoms with Gasteiger partial charge in [-0.05, 0) is 12.1 Å². The van der Waals surface area contributed by atoms with Crippen molar-refractivity contribution in [2.75, 3.05) is 12.4 Å². The van der Waals surface area contributed by atoms with Gasteiger partial charge in [-0.25, -0.2) is 0 Å². The van der Waals surface area contributed by atoms with Crippen molar-refractivity contribution in [3.8, 4) is 0 Å². The van der Waals surface area contributed by atoms with Crippen LogP contribution in [-0.4, -0.2) is 34.8 Å². The van der Waals surface area contributed by atoms with Crippen LogP contribution in [-0.2, 0) is 9.59 Å². The number of nitrogens with zero attached hydrogens (tertiary/aromatic N) is 2. The fraction of sp³-hybridized carbons (Fsp3) is 0.300. The number of aromatic nitrogens is 1. The highest BCUT2D eigenvalue weighted by atomic mass is 16.2. The SMILES string of the molecule is CN1C(=O)CC(Nc2cccnc2)C1=O. The average Bonchev–Trinajstić information content (AvgIpc) is 2.48. The van der Waals surface area contributed by atoms with E-state index in [0.29, 0.717) is 0 Å². The number of likely N-dealkylation sites (tertiary alicyclic amines) is 1. The highest BCUT2D eigenvalue weighted by Gasteiger charge is 2.35. The van der Waals surface area contributed by atoms with Gasteiger partial charge in [-0.1, -0.05) is 0 Å². The summed E-state index contributed by atoms with van der Waals surface area (Å²) in [6.07, 6.45) is 3.49. The Morgan fingerprint density at radius 2 is 2.33 bits per heavy atom. The third-order valence-electron chi connectivity index (χ3n) is 2.38. The van der Waals surface area contributed by atoms with Crippen LogP contribution in [0.2, 0.25) is 0 Å². The Morgan fingerprint density at radius 1 is 1.53 bits per heavy atom. The molecule has 0 radical (unpaired) electrons. The Hall–Kier alpha value is -1.91. The van der Waals surface area contributed by atoms with Gasteiger partial charge in [0.25, 0.3) is 5.91 Å². The van der Waals surface area contributed by atoms with Crippen molar-refractivity contribution >= 4 is 17.5 Å². The summed E-state index contributed by atoms with van der Waals surface area (Å²) in [7, 11) is 1.50. The smallest absolute Gasteiger partial charge is 0.251 e. The molecule has 1 fully saturated rings. The molecule has 0 aromatic carbocycles. The van der Waals surface area contributed by atoms with Gasteiger partial charge in [-0.2, -0.15) is 0 Å². The second-order valence-electron chi connectivity index (χ2n) is 3.43. The van der Waals surface area contributed by atoms with Crippen LogP contribution in [0.15, 0.2) is 24.5 Å². The van der Waals surface area contributed by atoms with E-state index in [1.165, 1.54) is 7.05 Å². The van der Waals surface area contributed by atoms with Crippen molar-refractivity contribution in [1.29, 1.82) is 0 Å². The van der Waals surface area contributed by atoms with Gasteiger partial charge in [0.2, 0.25) is 5.91 Å². The summed E-state index contributed by atoms with van der Waals surface area (Å²) in [5.74, 6) is -0.342. The van der Waals surface area contributed by atoms with Gasteiger partial charge in [0, 0.05) is 19.4 Å².